The van der Waals surface area contributed by atoms with Crippen molar-refractivity contribution < 1.29 is 14.6 Å². The number of unbranched alkanes of at least 4 members (excludes halogenated alkanes) is 4. The average molecular weight is 349 g/mol. The highest BCUT2D eigenvalue weighted by Crippen LogP contribution is 2.33. The second-order valence-electron chi connectivity index (χ2n) is 7.79. The largest absolute Gasteiger partial charge is 0.388 e. The van der Waals surface area contributed by atoms with E-state index in [1.807, 2.05) is 32.9 Å². The molecule has 1 aliphatic heterocycles. The van der Waals surface area contributed by atoms with Crippen molar-refractivity contribution in [1.82, 2.24) is 0 Å². The van der Waals surface area contributed by atoms with Crippen LogP contribution in [0.1, 0.15) is 89.9 Å². The molecule has 3 heteroatoms. The van der Waals surface area contributed by atoms with Crippen LogP contribution in [-0.4, -0.2) is 23.1 Å². The molecule has 1 aromatic carbocycles. The zero-order valence-electron chi connectivity index (χ0n) is 16.5. The number of rotatable bonds is 10. The molecule has 0 radical (unpaired) electrons. The highest BCUT2D eigenvalue weighted by atomic mass is 16.7. The lowest BCUT2D eigenvalue weighted by Crippen LogP contribution is -2.25. The molecule has 3 atom stereocenters. The van der Waals surface area contributed by atoms with Gasteiger partial charge in [0.1, 0.15) is 0 Å². The van der Waals surface area contributed by atoms with E-state index in [9.17, 15) is 5.11 Å². The van der Waals surface area contributed by atoms with Crippen molar-refractivity contribution in [3.63, 3.8) is 0 Å². The lowest BCUT2D eigenvalue weighted by molar-refractivity contribution is -0.146. The van der Waals surface area contributed by atoms with Crippen molar-refractivity contribution in [2.24, 2.45) is 0 Å². The Balaban J connectivity index is 1.90. The van der Waals surface area contributed by atoms with Crippen LogP contribution in [0.15, 0.2) is 24.3 Å². The number of aliphatic hydroxyl groups excluding tert-OH is 1. The fraction of sp³-hybridized carbons (Fsp3) is 0.727. The van der Waals surface area contributed by atoms with Gasteiger partial charge in [0, 0.05) is 6.42 Å². The smallest absolute Gasteiger partial charge is 0.163 e. The van der Waals surface area contributed by atoms with E-state index in [1.165, 1.54) is 37.7 Å². The van der Waals surface area contributed by atoms with Crippen LogP contribution < -0.4 is 0 Å². The van der Waals surface area contributed by atoms with Crippen LogP contribution >= 0.6 is 0 Å². The van der Waals surface area contributed by atoms with E-state index < -0.39 is 5.79 Å². The minimum Gasteiger partial charge on any atom is -0.388 e. The van der Waals surface area contributed by atoms with Crippen molar-refractivity contribution >= 4 is 0 Å². The molecule has 1 fully saturated rings. The second kappa shape index (κ2) is 9.70. The Morgan fingerprint density at radius 2 is 1.60 bits per heavy atom. The third kappa shape index (κ3) is 6.40. The van der Waals surface area contributed by atoms with Gasteiger partial charge in [0.05, 0.1) is 18.3 Å². The Labute approximate surface area is 153 Å². The summed E-state index contributed by atoms with van der Waals surface area (Å²) in [4.78, 5) is 0. The third-order valence-corrected chi connectivity index (χ3v) is 5.07. The molecule has 2 rings (SSSR count). The molecule has 0 bridgehead atoms. The van der Waals surface area contributed by atoms with Crippen LogP contribution in [0.25, 0.3) is 0 Å². The summed E-state index contributed by atoms with van der Waals surface area (Å²) in [5, 5.41) is 9.93. The van der Waals surface area contributed by atoms with Gasteiger partial charge in [0.2, 0.25) is 0 Å². The van der Waals surface area contributed by atoms with Gasteiger partial charge in [0.15, 0.2) is 5.79 Å². The molecule has 0 spiro atoms. The average Bonchev–Trinajstić information content (AvgIpc) is 2.88. The maximum atomic E-state index is 9.93. The summed E-state index contributed by atoms with van der Waals surface area (Å²) in [6.07, 6.45) is 9.03. The molecule has 1 saturated heterocycles. The number of aliphatic hydroxyl groups is 1. The van der Waals surface area contributed by atoms with Crippen molar-refractivity contribution in [3.8, 4) is 0 Å². The predicted molar refractivity (Wildman–Crippen MR) is 103 cm³/mol. The highest BCUT2D eigenvalue weighted by Gasteiger charge is 2.40. The Hall–Kier alpha value is -0.900. The van der Waals surface area contributed by atoms with Gasteiger partial charge in [-0.25, -0.2) is 0 Å². The molecule has 1 N–H and O–H groups in total. The first-order chi connectivity index (χ1) is 11.9. The molecule has 3 nitrogen and oxygen atoms in total. The van der Waals surface area contributed by atoms with Gasteiger partial charge in [-0.15, -0.1) is 0 Å². The third-order valence-electron chi connectivity index (χ3n) is 5.07. The van der Waals surface area contributed by atoms with E-state index in [0.717, 1.165) is 24.8 Å². The van der Waals surface area contributed by atoms with Gasteiger partial charge in [-0.1, -0.05) is 70.2 Å². The standard InChI is InChI=1S/C22H36O3/c1-5-7-8-9-10-11-20-21(25-22(3,4)24-20)16-17-12-14-18(15-13-17)19(23)6-2/h12-15,19-21,23H,5-11,16H2,1-4H3/t19-,20-,21-/m1/s1. The summed E-state index contributed by atoms with van der Waals surface area (Å²) in [5.74, 6) is -0.489. The number of hydrogen-bond donors (Lipinski definition) is 1. The zero-order valence-corrected chi connectivity index (χ0v) is 16.5. The van der Waals surface area contributed by atoms with Crippen molar-refractivity contribution in [2.75, 3.05) is 0 Å². The molecule has 0 aliphatic carbocycles. The van der Waals surface area contributed by atoms with E-state index in [4.69, 9.17) is 9.47 Å². The maximum Gasteiger partial charge on any atom is 0.163 e. The van der Waals surface area contributed by atoms with Crippen LogP contribution in [0.3, 0.4) is 0 Å². The summed E-state index contributed by atoms with van der Waals surface area (Å²) in [6.45, 7) is 8.27. The zero-order chi connectivity index (χ0) is 18.3. The van der Waals surface area contributed by atoms with Crippen molar-refractivity contribution in [2.45, 2.75) is 103 Å². The summed E-state index contributed by atoms with van der Waals surface area (Å²) in [7, 11) is 0. The highest BCUT2D eigenvalue weighted by molar-refractivity contribution is 5.25. The van der Waals surface area contributed by atoms with Crippen molar-refractivity contribution in [3.05, 3.63) is 35.4 Å². The van der Waals surface area contributed by atoms with Crippen molar-refractivity contribution in [1.29, 1.82) is 0 Å². The fourth-order valence-corrected chi connectivity index (χ4v) is 3.62. The van der Waals surface area contributed by atoms with Gasteiger partial charge in [-0.05, 0) is 37.8 Å². The first kappa shape index (κ1) is 20.4. The summed E-state index contributed by atoms with van der Waals surface area (Å²) >= 11 is 0. The molecule has 25 heavy (non-hydrogen) atoms. The first-order valence-electron chi connectivity index (χ1n) is 10.1. The topological polar surface area (TPSA) is 38.7 Å². The molecule has 0 unspecified atom stereocenters. The minimum atomic E-state index is -0.489. The maximum absolute atomic E-state index is 9.93. The summed E-state index contributed by atoms with van der Waals surface area (Å²) < 4.78 is 12.3. The van der Waals surface area contributed by atoms with E-state index in [0.29, 0.717) is 0 Å². The van der Waals surface area contributed by atoms with Gasteiger partial charge in [0.25, 0.3) is 0 Å². The Bertz CT molecular complexity index is 494. The molecule has 0 saturated carbocycles. The molecular weight excluding hydrogens is 312 g/mol. The lowest BCUT2D eigenvalue weighted by atomic mass is 9.97. The SMILES string of the molecule is CCCCCCC[C@H]1OC(C)(C)O[C@@H]1Cc1ccc([C@H](O)CC)cc1. The minimum absolute atomic E-state index is 0.114. The second-order valence-corrected chi connectivity index (χ2v) is 7.79. The van der Waals surface area contributed by atoms with Crippen LogP contribution in [0.5, 0.6) is 0 Å². The van der Waals surface area contributed by atoms with E-state index >= 15 is 0 Å². The summed E-state index contributed by atoms with van der Waals surface area (Å²) in [5.41, 5.74) is 2.23. The van der Waals surface area contributed by atoms with Crippen LogP contribution in [0.4, 0.5) is 0 Å². The molecule has 1 heterocycles. The lowest BCUT2D eigenvalue weighted by Gasteiger charge is -2.17. The normalized spacial score (nSPS) is 23.7. The Morgan fingerprint density at radius 1 is 0.960 bits per heavy atom. The number of benzene rings is 1. The number of hydrogen-bond acceptors (Lipinski definition) is 3. The van der Waals surface area contributed by atoms with Gasteiger partial charge >= 0.3 is 0 Å². The molecular formula is C22H36O3. The fourth-order valence-electron chi connectivity index (χ4n) is 3.62. The van der Waals surface area contributed by atoms with E-state index in [-0.39, 0.29) is 18.3 Å². The van der Waals surface area contributed by atoms with Crippen LogP contribution in [-0.2, 0) is 15.9 Å². The predicted octanol–water partition coefficient (Wildman–Crippen LogP) is 5.55. The van der Waals surface area contributed by atoms with E-state index in [1.54, 1.807) is 0 Å². The van der Waals surface area contributed by atoms with Crippen LogP contribution in [0, 0.1) is 0 Å². The summed E-state index contributed by atoms with van der Waals surface area (Å²) in [6, 6.07) is 8.29. The molecule has 142 valence electrons. The van der Waals surface area contributed by atoms with E-state index in [2.05, 4.69) is 19.1 Å². The number of ether oxygens (including phenoxy) is 2. The molecule has 0 amide bonds. The quantitative estimate of drug-likeness (QED) is 0.563. The Morgan fingerprint density at radius 3 is 2.24 bits per heavy atom. The Kier molecular flexibility index (Phi) is 7.92. The first-order valence-corrected chi connectivity index (χ1v) is 10.1. The van der Waals surface area contributed by atoms with Gasteiger partial charge < -0.3 is 14.6 Å². The molecule has 0 aromatic heterocycles. The van der Waals surface area contributed by atoms with Gasteiger partial charge in [-0.2, -0.15) is 0 Å². The van der Waals surface area contributed by atoms with Crippen LogP contribution in [0.2, 0.25) is 0 Å². The molecule has 1 aromatic rings. The molecule has 1 aliphatic rings. The monoisotopic (exact) mass is 348 g/mol. The van der Waals surface area contributed by atoms with Gasteiger partial charge in [-0.3, -0.25) is 0 Å².